The standard InChI is InChI=1S/C16H17N7O3S3/c24-12(8-23-13(19-21-15(23)27)11-2-1-7-28-11)18-20-14(25)10-9-29-16(17-10)22-3-5-26-6-4-22/h1-2,7,9H,3-6,8H2,(H,18,24)(H,20,25)(H,21,27). The van der Waals surface area contributed by atoms with Gasteiger partial charge in [0.15, 0.2) is 15.7 Å². The predicted octanol–water partition coefficient (Wildman–Crippen LogP) is 1.42. The van der Waals surface area contributed by atoms with Gasteiger partial charge in [-0.3, -0.25) is 30.1 Å². The van der Waals surface area contributed by atoms with Crippen molar-refractivity contribution in [1.29, 1.82) is 0 Å². The van der Waals surface area contributed by atoms with Crippen molar-refractivity contribution in [2.45, 2.75) is 6.54 Å². The smallest absolute Gasteiger partial charge is 0.289 e. The lowest BCUT2D eigenvalue weighted by atomic mass is 10.4. The van der Waals surface area contributed by atoms with E-state index in [-0.39, 0.29) is 12.2 Å². The van der Waals surface area contributed by atoms with Crippen LogP contribution in [0.1, 0.15) is 10.5 Å². The SMILES string of the molecule is O=C(Cn1c(-c2cccs2)n[nH]c1=S)NNC(=O)c1csc(N2CCOCC2)n1. The Bertz CT molecular complexity index is 1050. The van der Waals surface area contributed by atoms with E-state index in [1.165, 1.54) is 22.7 Å². The number of thiophene rings is 1. The second-order valence-corrected chi connectivity index (χ2v) is 8.20. The molecule has 1 aliphatic rings. The fourth-order valence-corrected chi connectivity index (χ4v) is 4.48. The number of amides is 2. The quantitative estimate of drug-likeness (QED) is 0.397. The molecule has 1 fully saturated rings. The maximum absolute atomic E-state index is 12.3. The Morgan fingerprint density at radius 2 is 2.10 bits per heavy atom. The Morgan fingerprint density at radius 1 is 1.28 bits per heavy atom. The van der Waals surface area contributed by atoms with Crippen molar-refractivity contribution < 1.29 is 14.3 Å². The number of anilines is 1. The molecule has 1 aliphatic heterocycles. The van der Waals surface area contributed by atoms with Crippen LogP contribution in [0.3, 0.4) is 0 Å². The van der Waals surface area contributed by atoms with Gasteiger partial charge in [0.2, 0.25) is 0 Å². The number of nitrogens with zero attached hydrogens (tertiary/aromatic N) is 4. The molecule has 3 N–H and O–H groups in total. The second-order valence-electron chi connectivity index (χ2n) is 6.03. The number of nitrogens with one attached hydrogen (secondary N) is 3. The number of carbonyl (C=O) groups excluding carboxylic acids is 2. The molecule has 2 amide bonds. The van der Waals surface area contributed by atoms with Gasteiger partial charge in [-0.1, -0.05) is 6.07 Å². The number of thiazole rings is 1. The highest BCUT2D eigenvalue weighted by atomic mass is 32.1. The second kappa shape index (κ2) is 8.82. The summed E-state index contributed by atoms with van der Waals surface area (Å²) in [5.41, 5.74) is 5.03. The molecule has 0 aliphatic carbocycles. The minimum atomic E-state index is -0.483. The normalized spacial score (nSPS) is 14.0. The lowest BCUT2D eigenvalue weighted by Gasteiger charge is -2.25. The number of hydrogen-bond acceptors (Lipinski definition) is 9. The van der Waals surface area contributed by atoms with E-state index in [1.54, 1.807) is 9.95 Å². The Hall–Kier alpha value is -2.61. The number of carbonyl (C=O) groups is 2. The summed E-state index contributed by atoms with van der Waals surface area (Å²) in [7, 11) is 0. The molecule has 3 aromatic heterocycles. The van der Waals surface area contributed by atoms with Crippen molar-refractivity contribution in [3.63, 3.8) is 0 Å². The van der Waals surface area contributed by atoms with E-state index in [0.717, 1.165) is 23.1 Å². The summed E-state index contributed by atoms with van der Waals surface area (Å²) in [5.74, 6) is -0.346. The highest BCUT2D eigenvalue weighted by Crippen LogP contribution is 2.23. The third kappa shape index (κ3) is 4.53. The molecule has 0 radical (unpaired) electrons. The molecule has 13 heteroatoms. The lowest BCUT2D eigenvalue weighted by Crippen LogP contribution is -2.43. The minimum absolute atomic E-state index is 0.0844. The van der Waals surface area contributed by atoms with Gasteiger partial charge in [-0.05, 0) is 23.7 Å². The summed E-state index contributed by atoms with van der Waals surface area (Å²) < 4.78 is 7.21. The van der Waals surface area contributed by atoms with Gasteiger partial charge in [-0.25, -0.2) is 4.98 Å². The van der Waals surface area contributed by atoms with Crippen LogP contribution in [0, 0.1) is 4.77 Å². The van der Waals surface area contributed by atoms with Crippen molar-refractivity contribution in [3.05, 3.63) is 33.4 Å². The molecular weight excluding hydrogens is 434 g/mol. The van der Waals surface area contributed by atoms with Gasteiger partial charge in [0.1, 0.15) is 12.2 Å². The average molecular weight is 452 g/mol. The number of morpholine rings is 1. The summed E-state index contributed by atoms with van der Waals surface area (Å²) in [6.07, 6.45) is 0. The topological polar surface area (TPSA) is 117 Å². The number of ether oxygens (including phenoxy) is 1. The van der Waals surface area contributed by atoms with Crippen LogP contribution in [0.5, 0.6) is 0 Å². The van der Waals surface area contributed by atoms with Crippen LogP contribution in [-0.2, 0) is 16.1 Å². The lowest BCUT2D eigenvalue weighted by molar-refractivity contribution is -0.122. The van der Waals surface area contributed by atoms with Crippen molar-refractivity contribution in [1.82, 2.24) is 30.6 Å². The van der Waals surface area contributed by atoms with Crippen molar-refractivity contribution in [3.8, 4) is 10.7 Å². The van der Waals surface area contributed by atoms with E-state index in [2.05, 4.69) is 30.9 Å². The van der Waals surface area contributed by atoms with E-state index in [1.807, 2.05) is 17.5 Å². The molecule has 152 valence electrons. The fourth-order valence-electron chi connectivity index (χ4n) is 2.70. The maximum atomic E-state index is 12.3. The number of H-pyrrole nitrogens is 1. The van der Waals surface area contributed by atoms with Gasteiger partial charge in [0.05, 0.1) is 18.1 Å². The third-order valence-corrected chi connectivity index (χ3v) is 6.20. The molecule has 3 aromatic rings. The molecular formula is C16H17N7O3S3. The first kappa shape index (κ1) is 19.7. The molecule has 29 heavy (non-hydrogen) atoms. The number of hydrogen-bond donors (Lipinski definition) is 3. The predicted molar refractivity (Wildman–Crippen MR) is 111 cm³/mol. The molecule has 4 rings (SSSR count). The molecule has 4 heterocycles. The van der Waals surface area contributed by atoms with E-state index in [9.17, 15) is 9.59 Å². The zero-order chi connectivity index (χ0) is 20.2. The molecule has 0 unspecified atom stereocenters. The first-order chi connectivity index (χ1) is 14.1. The summed E-state index contributed by atoms with van der Waals surface area (Å²) in [6.45, 7) is 2.67. The number of aromatic amines is 1. The van der Waals surface area contributed by atoms with Gasteiger partial charge in [0.25, 0.3) is 11.8 Å². The van der Waals surface area contributed by atoms with Gasteiger partial charge in [-0.2, -0.15) is 5.10 Å². The molecule has 0 aromatic carbocycles. The summed E-state index contributed by atoms with van der Waals surface area (Å²) in [5, 5.41) is 11.2. The molecule has 0 spiro atoms. The summed E-state index contributed by atoms with van der Waals surface area (Å²) in [4.78, 5) is 31.9. The molecule has 10 nitrogen and oxygen atoms in total. The Balaban J connectivity index is 1.35. The Morgan fingerprint density at radius 3 is 2.86 bits per heavy atom. The fraction of sp³-hybridized carbons (Fsp3) is 0.312. The number of hydrazine groups is 1. The first-order valence-corrected chi connectivity index (χ1v) is 10.8. The van der Waals surface area contributed by atoms with Crippen LogP contribution in [0.15, 0.2) is 22.9 Å². The zero-order valence-corrected chi connectivity index (χ0v) is 17.5. The van der Waals surface area contributed by atoms with Crippen molar-refractivity contribution in [2.75, 3.05) is 31.2 Å². The zero-order valence-electron chi connectivity index (χ0n) is 15.1. The number of rotatable bonds is 5. The molecule has 0 saturated carbocycles. The van der Waals surface area contributed by atoms with E-state index >= 15 is 0 Å². The van der Waals surface area contributed by atoms with Gasteiger partial charge in [-0.15, -0.1) is 22.7 Å². The first-order valence-electron chi connectivity index (χ1n) is 8.68. The average Bonchev–Trinajstić information content (AvgIpc) is 3.49. The van der Waals surface area contributed by atoms with Crippen LogP contribution in [-0.4, -0.2) is 57.9 Å². The monoisotopic (exact) mass is 451 g/mol. The Kier molecular flexibility index (Phi) is 5.99. The van der Waals surface area contributed by atoms with Crippen molar-refractivity contribution >= 4 is 51.8 Å². The maximum Gasteiger partial charge on any atom is 0.289 e. The van der Waals surface area contributed by atoms with E-state index in [0.29, 0.717) is 23.8 Å². The van der Waals surface area contributed by atoms with Crippen LogP contribution >= 0.6 is 34.9 Å². The van der Waals surface area contributed by atoms with Crippen LogP contribution in [0.2, 0.25) is 0 Å². The molecule has 0 bridgehead atoms. The van der Waals surface area contributed by atoms with Crippen LogP contribution < -0.4 is 15.8 Å². The van der Waals surface area contributed by atoms with Gasteiger partial charge < -0.3 is 9.64 Å². The van der Waals surface area contributed by atoms with Gasteiger partial charge in [0, 0.05) is 18.5 Å². The molecule has 0 atom stereocenters. The van der Waals surface area contributed by atoms with Crippen LogP contribution in [0.25, 0.3) is 10.7 Å². The third-order valence-electron chi connectivity index (χ3n) is 4.12. The highest BCUT2D eigenvalue weighted by Gasteiger charge is 2.18. The highest BCUT2D eigenvalue weighted by molar-refractivity contribution is 7.71. The van der Waals surface area contributed by atoms with Crippen LogP contribution in [0.4, 0.5) is 5.13 Å². The summed E-state index contributed by atoms with van der Waals surface area (Å²) >= 11 is 8.07. The Labute approximate surface area is 178 Å². The van der Waals surface area contributed by atoms with Crippen molar-refractivity contribution in [2.24, 2.45) is 0 Å². The largest absolute Gasteiger partial charge is 0.378 e. The van der Waals surface area contributed by atoms with E-state index in [4.69, 9.17) is 17.0 Å². The van der Waals surface area contributed by atoms with E-state index < -0.39 is 11.8 Å². The number of aromatic nitrogens is 4. The summed E-state index contributed by atoms with van der Waals surface area (Å²) in [6, 6.07) is 3.78. The minimum Gasteiger partial charge on any atom is -0.378 e. The van der Waals surface area contributed by atoms with Gasteiger partial charge >= 0.3 is 0 Å². The molecule has 1 saturated heterocycles.